The maximum Gasteiger partial charge on any atom is 0.293 e. The van der Waals surface area contributed by atoms with Gasteiger partial charge in [0.25, 0.3) is 11.1 Å². The quantitative estimate of drug-likeness (QED) is 0.616. The maximum absolute atomic E-state index is 12.6. The van der Waals surface area contributed by atoms with Crippen molar-refractivity contribution in [1.29, 1.82) is 0 Å². The molecule has 3 aromatic rings. The molecule has 1 aliphatic rings. The third-order valence-corrected chi connectivity index (χ3v) is 5.50. The van der Waals surface area contributed by atoms with Crippen LogP contribution < -0.4 is 5.32 Å². The van der Waals surface area contributed by atoms with Crippen molar-refractivity contribution in [2.45, 2.75) is 6.42 Å². The summed E-state index contributed by atoms with van der Waals surface area (Å²) >= 11 is 0.901. The first kappa shape index (κ1) is 19.0. The summed E-state index contributed by atoms with van der Waals surface area (Å²) in [5.74, 6) is -0.603. The zero-order valence-electron chi connectivity index (χ0n) is 15.5. The summed E-state index contributed by atoms with van der Waals surface area (Å²) in [6.07, 6.45) is 1.74. The van der Waals surface area contributed by atoms with Gasteiger partial charge in [-0.1, -0.05) is 66.7 Å². The predicted octanol–water partition coefficient (Wildman–Crippen LogP) is 4.90. The summed E-state index contributed by atoms with van der Waals surface area (Å²) in [7, 11) is 0. The molecule has 3 aromatic carbocycles. The number of nitrogens with zero attached hydrogens (tertiary/aromatic N) is 1. The smallest absolute Gasteiger partial charge is 0.293 e. The van der Waals surface area contributed by atoms with Crippen molar-refractivity contribution in [1.82, 2.24) is 4.90 Å². The Balaban J connectivity index is 1.41. The second kappa shape index (κ2) is 8.32. The lowest BCUT2D eigenvalue weighted by molar-refractivity contribution is -0.123. The van der Waals surface area contributed by atoms with Crippen molar-refractivity contribution in [2.24, 2.45) is 0 Å². The molecule has 1 N–H and O–H groups in total. The molecule has 1 fully saturated rings. The van der Waals surface area contributed by atoms with E-state index in [4.69, 9.17) is 0 Å². The fourth-order valence-electron chi connectivity index (χ4n) is 3.15. The Kier molecular flexibility index (Phi) is 5.44. The zero-order valence-corrected chi connectivity index (χ0v) is 16.3. The van der Waals surface area contributed by atoms with Gasteiger partial charge in [0, 0.05) is 24.0 Å². The number of anilines is 1. The minimum absolute atomic E-state index is 0.0415. The summed E-state index contributed by atoms with van der Waals surface area (Å²) in [6.45, 7) is 0.0490. The number of hydrogen-bond acceptors (Lipinski definition) is 4. The SMILES string of the molecule is O=C(CCN1C(=O)SC(=Cc2ccccc2)C1=O)Nc1cccc2ccccc12. The second-order valence-corrected chi connectivity index (χ2v) is 7.56. The Labute approximate surface area is 172 Å². The maximum atomic E-state index is 12.6. The Hall–Kier alpha value is -3.38. The molecule has 0 bridgehead atoms. The molecule has 1 saturated heterocycles. The van der Waals surface area contributed by atoms with E-state index in [1.54, 1.807) is 6.08 Å². The van der Waals surface area contributed by atoms with E-state index in [2.05, 4.69) is 5.32 Å². The number of hydrogen-bond donors (Lipinski definition) is 1. The third-order valence-electron chi connectivity index (χ3n) is 4.60. The van der Waals surface area contributed by atoms with E-state index in [-0.39, 0.29) is 30.0 Å². The fourth-order valence-corrected chi connectivity index (χ4v) is 4.02. The highest BCUT2D eigenvalue weighted by atomic mass is 32.2. The standard InChI is InChI=1S/C23H18N2O3S/c26-21(24-19-12-6-10-17-9-4-5-11-18(17)19)13-14-25-22(27)20(29-23(25)28)15-16-7-2-1-3-8-16/h1-12,15H,13-14H2,(H,24,26). The first-order valence-corrected chi connectivity index (χ1v) is 10.0. The van der Waals surface area contributed by atoms with E-state index in [1.807, 2.05) is 72.8 Å². The summed E-state index contributed by atoms with van der Waals surface area (Å²) in [5.41, 5.74) is 1.57. The topological polar surface area (TPSA) is 66.5 Å². The second-order valence-electron chi connectivity index (χ2n) is 6.57. The average molecular weight is 402 g/mol. The molecule has 0 saturated carbocycles. The van der Waals surface area contributed by atoms with Crippen LogP contribution in [0, 0.1) is 0 Å². The number of nitrogens with one attached hydrogen (secondary N) is 1. The van der Waals surface area contributed by atoms with Crippen molar-refractivity contribution in [3.8, 4) is 0 Å². The molecule has 6 heteroatoms. The average Bonchev–Trinajstić information content (AvgIpc) is 3.00. The van der Waals surface area contributed by atoms with Gasteiger partial charge in [-0.05, 0) is 34.9 Å². The van der Waals surface area contributed by atoms with Crippen molar-refractivity contribution < 1.29 is 14.4 Å². The van der Waals surface area contributed by atoms with E-state index < -0.39 is 0 Å². The van der Waals surface area contributed by atoms with E-state index in [0.717, 1.165) is 33.0 Å². The molecule has 144 valence electrons. The molecule has 0 unspecified atom stereocenters. The van der Waals surface area contributed by atoms with Crippen molar-refractivity contribution >= 4 is 51.4 Å². The van der Waals surface area contributed by atoms with Gasteiger partial charge in [0.15, 0.2) is 0 Å². The number of amides is 3. The van der Waals surface area contributed by atoms with Gasteiger partial charge in [-0.2, -0.15) is 0 Å². The largest absolute Gasteiger partial charge is 0.325 e. The normalized spacial score (nSPS) is 15.3. The molecular formula is C23H18N2O3S. The highest BCUT2D eigenvalue weighted by molar-refractivity contribution is 8.18. The molecule has 29 heavy (non-hydrogen) atoms. The van der Waals surface area contributed by atoms with E-state index in [0.29, 0.717) is 10.6 Å². The number of imide groups is 1. The molecule has 0 radical (unpaired) electrons. The van der Waals surface area contributed by atoms with Crippen LogP contribution in [0.2, 0.25) is 0 Å². The van der Waals surface area contributed by atoms with E-state index in [1.165, 1.54) is 0 Å². The minimum Gasteiger partial charge on any atom is -0.325 e. The van der Waals surface area contributed by atoms with Gasteiger partial charge in [-0.3, -0.25) is 19.3 Å². The van der Waals surface area contributed by atoms with Crippen LogP contribution in [0.5, 0.6) is 0 Å². The molecule has 1 aliphatic heterocycles. The number of carbonyl (C=O) groups is 3. The molecule has 3 amide bonds. The lowest BCUT2D eigenvalue weighted by Crippen LogP contribution is -2.31. The molecule has 1 heterocycles. The molecule has 0 atom stereocenters. The van der Waals surface area contributed by atoms with E-state index in [9.17, 15) is 14.4 Å². The number of benzene rings is 3. The minimum atomic E-state index is -0.359. The van der Waals surface area contributed by atoms with Crippen LogP contribution in [0.25, 0.3) is 16.8 Å². The van der Waals surface area contributed by atoms with Gasteiger partial charge in [0.1, 0.15) is 0 Å². The fraction of sp³-hybridized carbons (Fsp3) is 0.0870. The third kappa shape index (κ3) is 4.22. The van der Waals surface area contributed by atoms with Crippen molar-refractivity contribution in [3.05, 3.63) is 83.3 Å². The number of rotatable bonds is 5. The Morgan fingerprint density at radius 2 is 1.66 bits per heavy atom. The van der Waals surface area contributed by atoms with Crippen LogP contribution in [-0.2, 0) is 9.59 Å². The zero-order chi connectivity index (χ0) is 20.2. The van der Waals surface area contributed by atoms with Crippen LogP contribution in [0.4, 0.5) is 10.5 Å². The molecule has 0 aromatic heterocycles. The Bertz CT molecular complexity index is 1120. The Morgan fingerprint density at radius 1 is 0.931 bits per heavy atom. The van der Waals surface area contributed by atoms with Crippen molar-refractivity contribution in [2.75, 3.05) is 11.9 Å². The van der Waals surface area contributed by atoms with Gasteiger partial charge in [0.2, 0.25) is 5.91 Å². The number of fused-ring (bicyclic) bond motifs is 1. The number of thioether (sulfide) groups is 1. The van der Waals surface area contributed by atoms with Gasteiger partial charge >= 0.3 is 0 Å². The van der Waals surface area contributed by atoms with Crippen LogP contribution >= 0.6 is 11.8 Å². The van der Waals surface area contributed by atoms with Crippen LogP contribution in [-0.4, -0.2) is 28.5 Å². The van der Waals surface area contributed by atoms with Crippen LogP contribution in [0.1, 0.15) is 12.0 Å². The molecule has 0 aliphatic carbocycles. The van der Waals surface area contributed by atoms with Gasteiger partial charge in [-0.25, -0.2) is 0 Å². The van der Waals surface area contributed by atoms with E-state index >= 15 is 0 Å². The first-order valence-electron chi connectivity index (χ1n) is 9.20. The summed E-state index contributed by atoms with van der Waals surface area (Å²) in [4.78, 5) is 38.7. The van der Waals surface area contributed by atoms with Crippen LogP contribution in [0.3, 0.4) is 0 Å². The van der Waals surface area contributed by atoms with Crippen LogP contribution in [0.15, 0.2) is 77.7 Å². The summed E-state index contributed by atoms with van der Waals surface area (Å²) in [6, 6.07) is 22.8. The molecule has 0 spiro atoms. The van der Waals surface area contributed by atoms with Gasteiger partial charge in [0.05, 0.1) is 4.91 Å². The predicted molar refractivity (Wildman–Crippen MR) is 116 cm³/mol. The monoisotopic (exact) mass is 402 g/mol. The molecule has 4 rings (SSSR count). The number of carbonyl (C=O) groups excluding carboxylic acids is 3. The lowest BCUT2D eigenvalue weighted by Gasteiger charge is -2.13. The highest BCUT2D eigenvalue weighted by Gasteiger charge is 2.35. The van der Waals surface area contributed by atoms with Gasteiger partial charge in [-0.15, -0.1) is 0 Å². The van der Waals surface area contributed by atoms with Gasteiger partial charge < -0.3 is 5.32 Å². The van der Waals surface area contributed by atoms with Crippen molar-refractivity contribution in [3.63, 3.8) is 0 Å². The summed E-state index contributed by atoms with van der Waals surface area (Å²) in [5, 5.41) is 4.50. The molecule has 5 nitrogen and oxygen atoms in total. The summed E-state index contributed by atoms with van der Waals surface area (Å²) < 4.78 is 0. The molecular weight excluding hydrogens is 384 g/mol. The first-order chi connectivity index (χ1) is 14.1. The lowest BCUT2D eigenvalue weighted by atomic mass is 10.1. The highest BCUT2D eigenvalue weighted by Crippen LogP contribution is 2.32. The Morgan fingerprint density at radius 3 is 2.48 bits per heavy atom.